The van der Waals surface area contributed by atoms with Crippen LogP contribution < -0.4 is 4.43 Å². The molecule has 1 aromatic rings. The van der Waals surface area contributed by atoms with Crippen LogP contribution in [0.2, 0.25) is 18.1 Å². The highest BCUT2D eigenvalue weighted by Gasteiger charge is 2.39. The lowest BCUT2D eigenvalue weighted by atomic mass is 10.2. The first-order chi connectivity index (χ1) is 8.15. The average molecular weight is 263 g/mol. The number of isocyanates is 1. The van der Waals surface area contributed by atoms with Gasteiger partial charge in [-0.25, -0.2) is 4.79 Å². The summed E-state index contributed by atoms with van der Waals surface area (Å²) in [5, 5.41) is 0.144. The van der Waals surface area contributed by atoms with Crippen LogP contribution in [0.5, 0.6) is 5.75 Å². The first-order valence-corrected chi connectivity index (χ1v) is 8.95. The molecule has 0 unspecified atom stereocenters. The normalized spacial score (nSPS) is 11.9. The first kappa shape index (κ1) is 14.7. The van der Waals surface area contributed by atoms with Crippen molar-refractivity contribution in [1.29, 1.82) is 0 Å². The number of hydrogen-bond donors (Lipinski definition) is 0. The van der Waals surface area contributed by atoms with Gasteiger partial charge in [-0.2, -0.15) is 4.99 Å². The maximum Gasteiger partial charge on any atom is 0.250 e. The summed E-state index contributed by atoms with van der Waals surface area (Å²) in [6.07, 6.45) is 1.56. The lowest BCUT2D eigenvalue weighted by molar-refractivity contribution is 0.492. The Labute approximate surface area is 110 Å². The predicted molar refractivity (Wildman–Crippen MR) is 76.8 cm³/mol. The quantitative estimate of drug-likeness (QED) is 0.462. The SMILES string of the molecule is Cc1cc(N=C=O)cc(O[Si](C)(C)C(C)(C)C)c1. The second kappa shape index (κ2) is 5.08. The van der Waals surface area contributed by atoms with E-state index in [0.717, 1.165) is 11.3 Å². The van der Waals surface area contributed by atoms with E-state index in [9.17, 15) is 4.79 Å². The summed E-state index contributed by atoms with van der Waals surface area (Å²) in [6.45, 7) is 12.9. The molecule has 0 atom stereocenters. The van der Waals surface area contributed by atoms with E-state index in [1.807, 2.05) is 19.1 Å². The van der Waals surface area contributed by atoms with Crippen molar-refractivity contribution in [2.45, 2.75) is 45.8 Å². The van der Waals surface area contributed by atoms with Gasteiger partial charge in [-0.05, 0) is 42.8 Å². The van der Waals surface area contributed by atoms with Gasteiger partial charge in [0.1, 0.15) is 5.75 Å². The Balaban J connectivity index is 3.08. The van der Waals surface area contributed by atoms with Gasteiger partial charge in [0.25, 0.3) is 0 Å². The molecule has 0 spiro atoms. The third kappa shape index (κ3) is 3.55. The van der Waals surface area contributed by atoms with Crippen LogP contribution in [0.4, 0.5) is 5.69 Å². The van der Waals surface area contributed by atoms with Gasteiger partial charge < -0.3 is 4.43 Å². The molecule has 0 bridgehead atoms. The molecule has 0 aliphatic heterocycles. The van der Waals surface area contributed by atoms with E-state index >= 15 is 0 Å². The number of nitrogens with zero attached hydrogens (tertiary/aromatic N) is 1. The monoisotopic (exact) mass is 263 g/mol. The molecule has 0 heterocycles. The third-order valence-corrected chi connectivity index (χ3v) is 7.75. The van der Waals surface area contributed by atoms with E-state index < -0.39 is 8.32 Å². The van der Waals surface area contributed by atoms with Crippen LogP contribution in [-0.4, -0.2) is 14.4 Å². The summed E-state index contributed by atoms with van der Waals surface area (Å²) in [7, 11) is -1.85. The molecule has 98 valence electrons. The molecule has 18 heavy (non-hydrogen) atoms. The minimum atomic E-state index is -1.85. The van der Waals surface area contributed by atoms with Crippen molar-refractivity contribution in [2.75, 3.05) is 0 Å². The number of rotatable bonds is 3. The van der Waals surface area contributed by atoms with E-state index in [1.54, 1.807) is 12.1 Å². The molecular weight excluding hydrogens is 242 g/mol. The molecule has 0 aliphatic rings. The van der Waals surface area contributed by atoms with Gasteiger partial charge in [-0.1, -0.05) is 20.8 Å². The molecule has 0 aliphatic carbocycles. The van der Waals surface area contributed by atoms with E-state index in [2.05, 4.69) is 38.9 Å². The zero-order valence-corrected chi connectivity index (χ0v) is 13.0. The predicted octanol–water partition coefficient (Wildman–Crippen LogP) is 4.35. The lowest BCUT2D eigenvalue weighted by Crippen LogP contribution is -2.43. The fourth-order valence-corrected chi connectivity index (χ4v) is 2.37. The molecule has 4 heteroatoms. The van der Waals surface area contributed by atoms with Gasteiger partial charge in [-0.3, -0.25) is 0 Å². The highest BCUT2D eigenvalue weighted by Crippen LogP contribution is 2.38. The number of aryl methyl sites for hydroxylation is 1. The molecule has 0 N–H and O–H groups in total. The average Bonchev–Trinajstić information content (AvgIpc) is 2.13. The molecule has 1 aromatic carbocycles. The van der Waals surface area contributed by atoms with Gasteiger partial charge >= 0.3 is 0 Å². The van der Waals surface area contributed by atoms with Crippen LogP contribution in [0.1, 0.15) is 26.3 Å². The van der Waals surface area contributed by atoms with Crippen molar-refractivity contribution in [3.63, 3.8) is 0 Å². The number of aliphatic imine (C=N–C) groups is 1. The second-order valence-electron chi connectivity index (χ2n) is 6.07. The lowest BCUT2D eigenvalue weighted by Gasteiger charge is -2.36. The highest BCUT2D eigenvalue weighted by atomic mass is 28.4. The molecule has 0 radical (unpaired) electrons. The Kier molecular flexibility index (Phi) is 4.15. The zero-order chi connectivity index (χ0) is 14.0. The van der Waals surface area contributed by atoms with Crippen molar-refractivity contribution < 1.29 is 9.22 Å². The van der Waals surface area contributed by atoms with Crippen LogP contribution in [0.25, 0.3) is 0 Å². The van der Waals surface area contributed by atoms with Gasteiger partial charge in [0, 0.05) is 6.07 Å². The van der Waals surface area contributed by atoms with Crippen molar-refractivity contribution in [2.24, 2.45) is 4.99 Å². The molecule has 0 fully saturated rings. The summed E-state index contributed by atoms with van der Waals surface area (Å²) in [6, 6.07) is 5.60. The van der Waals surface area contributed by atoms with E-state index in [1.165, 1.54) is 0 Å². The minimum Gasteiger partial charge on any atom is -0.543 e. The number of carbonyl (C=O) groups excluding carboxylic acids is 1. The zero-order valence-electron chi connectivity index (χ0n) is 12.0. The molecule has 0 amide bonds. The summed E-state index contributed by atoms with van der Waals surface area (Å²) >= 11 is 0. The number of hydrogen-bond acceptors (Lipinski definition) is 3. The standard InChI is InChI=1S/C14H21NO2Si/c1-11-7-12(15-10-16)9-13(8-11)17-18(5,6)14(2,3)4/h7-9H,1-6H3. The van der Waals surface area contributed by atoms with Crippen molar-refractivity contribution >= 4 is 20.1 Å². The highest BCUT2D eigenvalue weighted by molar-refractivity contribution is 6.74. The largest absolute Gasteiger partial charge is 0.543 e. The molecule has 0 saturated carbocycles. The molecule has 1 rings (SSSR count). The van der Waals surface area contributed by atoms with Gasteiger partial charge in [0.05, 0.1) is 5.69 Å². The molecular formula is C14H21NO2Si. The van der Waals surface area contributed by atoms with Crippen LogP contribution in [0.3, 0.4) is 0 Å². The molecule has 0 aromatic heterocycles. The maximum absolute atomic E-state index is 10.3. The first-order valence-electron chi connectivity index (χ1n) is 6.04. The Bertz CT molecular complexity index is 483. The minimum absolute atomic E-state index is 0.144. The Morgan fingerprint density at radius 3 is 2.33 bits per heavy atom. The second-order valence-corrected chi connectivity index (χ2v) is 10.8. The Morgan fingerprint density at radius 2 is 1.83 bits per heavy atom. The van der Waals surface area contributed by atoms with E-state index in [-0.39, 0.29) is 5.04 Å². The molecule has 3 nitrogen and oxygen atoms in total. The number of benzene rings is 1. The fraction of sp³-hybridized carbons (Fsp3) is 0.500. The van der Waals surface area contributed by atoms with E-state index in [4.69, 9.17) is 4.43 Å². The van der Waals surface area contributed by atoms with Gasteiger partial charge in [-0.15, -0.1) is 0 Å². The van der Waals surface area contributed by atoms with Crippen LogP contribution >= 0.6 is 0 Å². The summed E-state index contributed by atoms with van der Waals surface area (Å²) in [5.74, 6) is 0.788. The summed E-state index contributed by atoms with van der Waals surface area (Å²) in [5.41, 5.74) is 1.62. The topological polar surface area (TPSA) is 38.7 Å². The third-order valence-electron chi connectivity index (χ3n) is 3.39. The van der Waals surface area contributed by atoms with Crippen molar-refractivity contribution in [1.82, 2.24) is 0 Å². The van der Waals surface area contributed by atoms with Crippen molar-refractivity contribution in [3.05, 3.63) is 23.8 Å². The maximum atomic E-state index is 10.3. The van der Waals surface area contributed by atoms with Crippen LogP contribution in [-0.2, 0) is 4.79 Å². The summed E-state index contributed by atoms with van der Waals surface area (Å²) in [4.78, 5) is 14.0. The van der Waals surface area contributed by atoms with Gasteiger partial charge in [0.15, 0.2) is 0 Å². The smallest absolute Gasteiger partial charge is 0.250 e. The van der Waals surface area contributed by atoms with Crippen LogP contribution in [0, 0.1) is 6.92 Å². The Hall–Kier alpha value is -1.38. The van der Waals surface area contributed by atoms with Crippen molar-refractivity contribution in [3.8, 4) is 5.75 Å². The molecule has 0 saturated heterocycles. The van der Waals surface area contributed by atoms with Gasteiger partial charge in [0.2, 0.25) is 14.4 Å². The summed E-state index contributed by atoms with van der Waals surface area (Å²) < 4.78 is 6.18. The fourth-order valence-electron chi connectivity index (χ4n) is 1.35. The van der Waals surface area contributed by atoms with Crippen LogP contribution in [0.15, 0.2) is 23.2 Å². The Morgan fingerprint density at radius 1 is 1.22 bits per heavy atom. The van der Waals surface area contributed by atoms with E-state index in [0.29, 0.717) is 5.69 Å².